The highest BCUT2D eigenvalue weighted by Gasteiger charge is 2.19. The lowest BCUT2D eigenvalue weighted by Gasteiger charge is -2.21. The van der Waals surface area contributed by atoms with Gasteiger partial charge in [-0.15, -0.1) is 24.6 Å². The average Bonchev–Trinajstić information content (AvgIpc) is 2.05. The van der Waals surface area contributed by atoms with Crippen molar-refractivity contribution in [3.63, 3.8) is 0 Å². The lowest BCUT2D eigenvalue weighted by Crippen LogP contribution is -2.30. The second-order valence-electron chi connectivity index (χ2n) is 3.16. The zero-order chi connectivity index (χ0) is 7.40. The van der Waals surface area contributed by atoms with Gasteiger partial charge in [0.15, 0.2) is 0 Å². The molecule has 2 atom stereocenters. The fourth-order valence-corrected chi connectivity index (χ4v) is 21.6. The van der Waals surface area contributed by atoms with Crippen LogP contribution in [-0.4, -0.2) is 27.1 Å². The predicted octanol–water partition coefficient (Wildman–Crippen LogP) is 0.528. The van der Waals surface area contributed by atoms with Gasteiger partial charge in [0.2, 0.25) is 0 Å². The summed E-state index contributed by atoms with van der Waals surface area (Å²) in [5, 5.41) is 0. The summed E-state index contributed by atoms with van der Waals surface area (Å²) in [7, 11) is -0.357. The molecule has 0 aromatic heterocycles. The van der Waals surface area contributed by atoms with Crippen molar-refractivity contribution in [2.45, 2.75) is 17.0 Å². The third kappa shape index (κ3) is 2.07. The van der Waals surface area contributed by atoms with Gasteiger partial charge in [-0.3, -0.25) is 0 Å². The fraction of sp³-hybridized carbons (Fsp3) is 0.429. The summed E-state index contributed by atoms with van der Waals surface area (Å²) in [6, 6.07) is 0. The molecule has 1 saturated heterocycles. The fourth-order valence-electron chi connectivity index (χ4n) is 1.69. The van der Waals surface area contributed by atoms with Crippen molar-refractivity contribution >= 4 is 27.1 Å². The molecule has 56 valence electrons. The normalized spacial score (nSPS) is 35.6. The van der Waals surface area contributed by atoms with E-state index in [9.17, 15) is 0 Å². The van der Waals surface area contributed by atoms with Gasteiger partial charge >= 0.3 is 0 Å². The van der Waals surface area contributed by atoms with Crippen LogP contribution >= 0.6 is 0 Å². The molecule has 0 aliphatic carbocycles. The van der Waals surface area contributed by atoms with Gasteiger partial charge in [0, 0.05) is 9.52 Å². The zero-order valence-electron chi connectivity index (χ0n) is 6.55. The molecule has 1 aliphatic rings. The molecule has 0 nitrogen and oxygen atoms in total. The molecule has 0 amide bonds. The van der Waals surface area contributed by atoms with E-state index >= 15 is 0 Å². The maximum atomic E-state index is 3.92. The zero-order valence-corrected chi connectivity index (χ0v) is 10.3. The van der Waals surface area contributed by atoms with Gasteiger partial charge < -0.3 is 0 Å². The Bertz CT molecular complexity index is 119. The van der Waals surface area contributed by atoms with E-state index in [-0.39, 0.29) is 17.6 Å². The van der Waals surface area contributed by atoms with Crippen LogP contribution in [0, 0.1) is 0 Å². The van der Waals surface area contributed by atoms with Crippen LogP contribution in [-0.2, 0) is 0 Å². The van der Waals surface area contributed by atoms with Gasteiger partial charge in [-0.05, 0) is 0 Å². The van der Waals surface area contributed by atoms with E-state index in [1.165, 1.54) is 0 Å². The van der Waals surface area contributed by atoms with Gasteiger partial charge in [0.25, 0.3) is 0 Å². The van der Waals surface area contributed by atoms with Crippen LogP contribution in [0.4, 0.5) is 0 Å². The minimum absolute atomic E-state index is 0.365. The molecule has 2 unspecified atom stereocenters. The number of hydrogen-bond donors (Lipinski definition) is 0. The molecule has 0 saturated carbocycles. The highest BCUT2D eigenvalue weighted by atomic mass is 28.4. The van der Waals surface area contributed by atoms with Crippen molar-refractivity contribution in [2.24, 2.45) is 0 Å². The lowest BCUT2D eigenvalue weighted by molar-refractivity contribution is 1.62. The summed E-state index contributed by atoms with van der Waals surface area (Å²) in [6.45, 7) is 7.85. The van der Waals surface area contributed by atoms with Crippen LogP contribution < -0.4 is 0 Å². The first-order valence-electron chi connectivity index (χ1n) is 4.12. The van der Waals surface area contributed by atoms with Gasteiger partial charge in [0.05, 0.1) is 17.6 Å². The monoisotopic (exact) mass is 184 g/mol. The van der Waals surface area contributed by atoms with Gasteiger partial charge in [-0.2, -0.15) is 0 Å². The van der Waals surface area contributed by atoms with Crippen molar-refractivity contribution in [2.75, 3.05) is 0 Å². The van der Waals surface area contributed by atoms with Crippen LogP contribution in [0.2, 0.25) is 17.0 Å². The Kier molecular flexibility index (Phi) is 3.38. The third-order valence-corrected chi connectivity index (χ3v) is 17.8. The molecule has 1 aliphatic heterocycles. The van der Waals surface area contributed by atoms with Crippen LogP contribution in [0.1, 0.15) is 0 Å². The summed E-state index contributed by atoms with van der Waals surface area (Å²) in [6.07, 6.45) is 0. The first kappa shape index (κ1) is 8.23. The molecule has 1 rings (SSSR count). The van der Waals surface area contributed by atoms with Crippen LogP contribution in [0.3, 0.4) is 0 Å². The van der Waals surface area contributed by atoms with Crippen LogP contribution in [0.5, 0.6) is 0 Å². The Morgan fingerprint density at radius 2 is 1.60 bits per heavy atom. The Balaban J connectivity index is 2.38. The summed E-state index contributed by atoms with van der Waals surface area (Å²) in [4.78, 5) is 0. The predicted molar refractivity (Wildman–Crippen MR) is 57.7 cm³/mol. The van der Waals surface area contributed by atoms with Crippen molar-refractivity contribution in [3.05, 3.63) is 24.6 Å². The maximum absolute atomic E-state index is 3.92. The summed E-state index contributed by atoms with van der Waals surface area (Å²) < 4.78 is 0. The Labute approximate surface area is 69.1 Å². The number of hydrogen-bond acceptors (Lipinski definition) is 0. The SMILES string of the molecule is C=C[SiH]1C[SiH2]C[SiH](C=C)C1. The lowest BCUT2D eigenvalue weighted by atomic mass is 11.3. The highest BCUT2D eigenvalue weighted by molar-refractivity contribution is 6.93. The van der Waals surface area contributed by atoms with E-state index < -0.39 is 0 Å². The minimum atomic E-state index is -0.365. The van der Waals surface area contributed by atoms with Crippen molar-refractivity contribution < 1.29 is 0 Å². The molecule has 1 heterocycles. The maximum Gasteiger partial charge on any atom is 0.0551 e. The molecule has 1 fully saturated rings. The standard InChI is InChI=1S/C7H16Si3/c1-3-9-5-8-6-10(4-2)7-9/h3-4,9-10H,1-2,5-8H2. The highest BCUT2D eigenvalue weighted by Crippen LogP contribution is 2.14. The molecular weight excluding hydrogens is 168 g/mol. The van der Waals surface area contributed by atoms with E-state index in [0.717, 1.165) is 0 Å². The quantitative estimate of drug-likeness (QED) is 0.549. The first-order chi connectivity index (χ1) is 4.86. The van der Waals surface area contributed by atoms with E-state index in [0.29, 0.717) is 9.52 Å². The average molecular weight is 184 g/mol. The van der Waals surface area contributed by atoms with E-state index in [4.69, 9.17) is 0 Å². The van der Waals surface area contributed by atoms with Gasteiger partial charge in [-0.1, -0.05) is 17.0 Å². The van der Waals surface area contributed by atoms with Crippen LogP contribution in [0.25, 0.3) is 0 Å². The van der Waals surface area contributed by atoms with E-state index in [1.807, 2.05) is 0 Å². The van der Waals surface area contributed by atoms with Crippen LogP contribution in [0.15, 0.2) is 24.6 Å². The first-order valence-corrected chi connectivity index (χ1v) is 10.7. The largest absolute Gasteiger partial charge is 0.107 e. The minimum Gasteiger partial charge on any atom is -0.107 e. The Hall–Kier alpha value is 0.131. The van der Waals surface area contributed by atoms with E-state index in [1.54, 1.807) is 17.0 Å². The molecule has 3 heteroatoms. The smallest absolute Gasteiger partial charge is 0.0551 e. The Morgan fingerprint density at radius 3 is 2.00 bits per heavy atom. The molecular formula is C7H16Si3. The van der Waals surface area contributed by atoms with Gasteiger partial charge in [-0.25, -0.2) is 0 Å². The van der Waals surface area contributed by atoms with E-state index in [2.05, 4.69) is 24.6 Å². The molecule has 0 radical (unpaired) electrons. The van der Waals surface area contributed by atoms with Crippen molar-refractivity contribution in [1.82, 2.24) is 0 Å². The molecule has 0 aromatic carbocycles. The molecule has 10 heavy (non-hydrogen) atoms. The van der Waals surface area contributed by atoms with Gasteiger partial charge in [0.1, 0.15) is 0 Å². The molecule has 0 spiro atoms. The molecule has 0 aromatic rings. The topological polar surface area (TPSA) is 0 Å². The van der Waals surface area contributed by atoms with Crippen molar-refractivity contribution in [3.8, 4) is 0 Å². The third-order valence-electron chi connectivity index (χ3n) is 2.42. The Morgan fingerprint density at radius 1 is 1.10 bits per heavy atom. The summed E-state index contributed by atoms with van der Waals surface area (Å²) in [5.74, 6) is 0. The second kappa shape index (κ2) is 4.10. The molecule has 0 N–H and O–H groups in total. The summed E-state index contributed by atoms with van der Waals surface area (Å²) in [5.41, 5.74) is 9.51. The second-order valence-corrected chi connectivity index (χ2v) is 14.4. The summed E-state index contributed by atoms with van der Waals surface area (Å²) >= 11 is 0. The van der Waals surface area contributed by atoms with Crippen molar-refractivity contribution in [1.29, 1.82) is 0 Å². The number of rotatable bonds is 2. The molecule has 0 bridgehead atoms.